The number of halogens is 2. The van der Waals surface area contributed by atoms with Gasteiger partial charge in [0.2, 0.25) is 0 Å². The lowest BCUT2D eigenvalue weighted by atomic mass is 9.93. The Hall–Kier alpha value is 0.210. The molecular weight excluding hydrogens is 213 g/mol. The van der Waals surface area contributed by atoms with Gasteiger partial charge in [0.1, 0.15) is 5.01 Å². The normalized spacial score (nSPS) is 11.0. The average molecular weight is 226 g/mol. The molecule has 1 aromatic heterocycles. The molecule has 1 nitrogen and oxygen atoms in total. The summed E-state index contributed by atoms with van der Waals surface area (Å²) in [5.41, 5.74) is 1.29. The second kappa shape index (κ2) is 4.45. The van der Waals surface area contributed by atoms with Crippen molar-refractivity contribution < 1.29 is 0 Å². The third-order valence-electron chi connectivity index (χ3n) is 1.43. The lowest BCUT2D eigenvalue weighted by Crippen LogP contribution is -2.11. The summed E-state index contributed by atoms with van der Waals surface area (Å²) in [6.45, 7) is 6.46. The van der Waals surface area contributed by atoms with E-state index < -0.39 is 0 Å². The predicted octanol–water partition coefficient (Wildman–Crippen LogP) is 3.60. The molecular formula is C8H13Cl2NS. The monoisotopic (exact) mass is 225 g/mol. The minimum absolute atomic E-state index is 0. The van der Waals surface area contributed by atoms with E-state index in [1.54, 1.807) is 11.3 Å². The molecule has 1 rings (SSSR count). The van der Waals surface area contributed by atoms with Crippen molar-refractivity contribution in [1.82, 2.24) is 4.98 Å². The van der Waals surface area contributed by atoms with Crippen molar-refractivity contribution in [3.8, 4) is 0 Å². The van der Waals surface area contributed by atoms with Gasteiger partial charge >= 0.3 is 0 Å². The predicted molar refractivity (Wildman–Crippen MR) is 57.6 cm³/mol. The highest BCUT2D eigenvalue weighted by atomic mass is 35.5. The van der Waals surface area contributed by atoms with E-state index in [0.29, 0.717) is 5.88 Å². The van der Waals surface area contributed by atoms with Crippen molar-refractivity contribution in [1.29, 1.82) is 0 Å². The largest absolute Gasteiger partial charge is 0.244 e. The van der Waals surface area contributed by atoms with Gasteiger partial charge in [0.25, 0.3) is 0 Å². The van der Waals surface area contributed by atoms with Crippen LogP contribution < -0.4 is 0 Å². The molecule has 0 fully saturated rings. The molecule has 0 amide bonds. The van der Waals surface area contributed by atoms with Crippen LogP contribution in [0.4, 0.5) is 0 Å². The van der Waals surface area contributed by atoms with E-state index in [-0.39, 0.29) is 17.8 Å². The molecule has 0 unspecified atom stereocenters. The fourth-order valence-corrected chi connectivity index (χ4v) is 1.83. The van der Waals surface area contributed by atoms with Gasteiger partial charge < -0.3 is 0 Å². The molecule has 4 heteroatoms. The fourth-order valence-electron chi connectivity index (χ4n) is 0.717. The Morgan fingerprint density at radius 3 is 2.33 bits per heavy atom. The van der Waals surface area contributed by atoms with Crippen LogP contribution in [-0.2, 0) is 11.3 Å². The van der Waals surface area contributed by atoms with Gasteiger partial charge in [-0.25, -0.2) is 4.98 Å². The Morgan fingerprint density at radius 1 is 1.50 bits per heavy atom. The van der Waals surface area contributed by atoms with Crippen molar-refractivity contribution in [3.63, 3.8) is 0 Å². The maximum Gasteiger partial charge on any atom is 0.108 e. The number of hydrogen-bond donors (Lipinski definition) is 0. The molecule has 1 aromatic rings. The highest BCUT2D eigenvalue weighted by molar-refractivity contribution is 7.09. The van der Waals surface area contributed by atoms with Crippen LogP contribution in [0.2, 0.25) is 0 Å². The summed E-state index contributed by atoms with van der Waals surface area (Å²) in [6.07, 6.45) is 0. The fraction of sp³-hybridized carbons (Fsp3) is 0.625. The third kappa shape index (κ3) is 2.92. The zero-order valence-electron chi connectivity index (χ0n) is 7.43. The van der Waals surface area contributed by atoms with Crippen LogP contribution in [0.5, 0.6) is 0 Å². The first-order chi connectivity index (χ1) is 5.04. The molecule has 0 aliphatic rings. The topological polar surface area (TPSA) is 12.9 Å². The van der Waals surface area contributed by atoms with Crippen LogP contribution in [0.1, 0.15) is 31.5 Å². The SMILES string of the molecule is CC(C)(C)c1csc(CCl)n1.Cl. The van der Waals surface area contributed by atoms with Gasteiger partial charge in [-0.3, -0.25) is 0 Å². The Balaban J connectivity index is 0.00000121. The molecule has 0 atom stereocenters. The Bertz CT molecular complexity index is 239. The van der Waals surface area contributed by atoms with E-state index in [9.17, 15) is 0 Å². The van der Waals surface area contributed by atoms with Crippen molar-refractivity contribution in [2.24, 2.45) is 0 Å². The summed E-state index contributed by atoms with van der Waals surface area (Å²) in [5.74, 6) is 0.529. The van der Waals surface area contributed by atoms with Crippen LogP contribution in [0, 0.1) is 0 Å². The smallest absolute Gasteiger partial charge is 0.108 e. The molecule has 0 saturated heterocycles. The first-order valence-corrected chi connectivity index (χ1v) is 4.96. The van der Waals surface area contributed by atoms with Crippen molar-refractivity contribution in [2.75, 3.05) is 0 Å². The van der Waals surface area contributed by atoms with Gasteiger partial charge in [-0.15, -0.1) is 35.3 Å². The number of alkyl halides is 1. The molecule has 0 aromatic carbocycles. The van der Waals surface area contributed by atoms with Crippen LogP contribution >= 0.6 is 35.3 Å². The molecule has 70 valence electrons. The number of hydrogen-bond acceptors (Lipinski definition) is 2. The second-order valence-corrected chi connectivity index (χ2v) is 4.72. The highest BCUT2D eigenvalue weighted by Crippen LogP contribution is 2.24. The van der Waals surface area contributed by atoms with E-state index in [1.165, 1.54) is 0 Å². The van der Waals surface area contributed by atoms with E-state index in [1.807, 2.05) is 0 Å². The summed E-state index contributed by atoms with van der Waals surface area (Å²) in [4.78, 5) is 4.39. The Morgan fingerprint density at radius 2 is 2.08 bits per heavy atom. The van der Waals surface area contributed by atoms with Gasteiger partial charge in [0.15, 0.2) is 0 Å². The lowest BCUT2D eigenvalue weighted by Gasteiger charge is -2.13. The standard InChI is InChI=1S/C8H12ClNS.ClH/c1-8(2,3)6-5-11-7(4-9)10-6;/h5H,4H2,1-3H3;1H. The van der Waals surface area contributed by atoms with Gasteiger partial charge in [0, 0.05) is 10.8 Å². The summed E-state index contributed by atoms with van der Waals surface area (Å²) in [6, 6.07) is 0. The average Bonchev–Trinajstić information content (AvgIpc) is 2.32. The summed E-state index contributed by atoms with van der Waals surface area (Å²) >= 11 is 7.27. The maximum absolute atomic E-state index is 5.64. The third-order valence-corrected chi connectivity index (χ3v) is 2.69. The van der Waals surface area contributed by atoms with Gasteiger partial charge in [-0.05, 0) is 0 Å². The molecule has 1 heterocycles. The first-order valence-electron chi connectivity index (χ1n) is 3.55. The molecule has 0 N–H and O–H groups in total. The van der Waals surface area contributed by atoms with E-state index >= 15 is 0 Å². The summed E-state index contributed by atoms with van der Waals surface area (Å²) in [5, 5.41) is 3.09. The van der Waals surface area contributed by atoms with Gasteiger partial charge in [-0.2, -0.15) is 0 Å². The molecule has 0 saturated carbocycles. The number of nitrogens with zero attached hydrogens (tertiary/aromatic N) is 1. The summed E-state index contributed by atoms with van der Waals surface area (Å²) in [7, 11) is 0. The van der Waals surface area contributed by atoms with Gasteiger partial charge in [-0.1, -0.05) is 20.8 Å². The summed E-state index contributed by atoms with van der Waals surface area (Å²) < 4.78 is 0. The number of thiazole rings is 1. The molecule has 0 spiro atoms. The Kier molecular flexibility index (Phi) is 4.53. The van der Waals surface area contributed by atoms with E-state index in [0.717, 1.165) is 10.7 Å². The second-order valence-electron chi connectivity index (χ2n) is 3.51. The molecule has 0 aliphatic carbocycles. The van der Waals surface area contributed by atoms with Crippen LogP contribution in [0.25, 0.3) is 0 Å². The quantitative estimate of drug-likeness (QED) is 0.666. The highest BCUT2D eigenvalue weighted by Gasteiger charge is 2.16. The number of rotatable bonds is 1. The molecule has 12 heavy (non-hydrogen) atoms. The molecule has 0 aliphatic heterocycles. The lowest BCUT2D eigenvalue weighted by molar-refractivity contribution is 0.571. The minimum Gasteiger partial charge on any atom is -0.244 e. The maximum atomic E-state index is 5.64. The zero-order chi connectivity index (χ0) is 8.48. The minimum atomic E-state index is 0. The van der Waals surface area contributed by atoms with E-state index in [2.05, 4.69) is 31.1 Å². The zero-order valence-corrected chi connectivity index (χ0v) is 9.82. The van der Waals surface area contributed by atoms with Crippen molar-refractivity contribution in [2.45, 2.75) is 32.1 Å². The molecule has 0 bridgehead atoms. The van der Waals surface area contributed by atoms with Crippen LogP contribution in [0.3, 0.4) is 0 Å². The number of aromatic nitrogens is 1. The Labute approximate surface area is 88.6 Å². The van der Waals surface area contributed by atoms with Crippen molar-refractivity contribution >= 4 is 35.3 Å². The first kappa shape index (κ1) is 12.2. The van der Waals surface area contributed by atoms with Gasteiger partial charge in [0.05, 0.1) is 11.6 Å². The van der Waals surface area contributed by atoms with E-state index in [4.69, 9.17) is 11.6 Å². The molecule has 0 radical (unpaired) electrons. The van der Waals surface area contributed by atoms with Crippen molar-refractivity contribution in [3.05, 3.63) is 16.1 Å². The van der Waals surface area contributed by atoms with Crippen LogP contribution in [-0.4, -0.2) is 4.98 Å². The van der Waals surface area contributed by atoms with Crippen LogP contribution in [0.15, 0.2) is 5.38 Å².